The molecule has 0 aromatic heterocycles. The Balaban J connectivity index is 2.29. The van der Waals surface area contributed by atoms with E-state index in [0.29, 0.717) is 10.0 Å². The second kappa shape index (κ2) is 5.69. The summed E-state index contributed by atoms with van der Waals surface area (Å²) in [6, 6.07) is 4.79. The fourth-order valence-corrected chi connectivity index (χ4v) is 2.87. The lowest BCUT2D eigenvalue weighted by atomic mass is 10.1. The molecule has 1 amide bonds. The van der Waals surface area contributed by atoms with E-state index in [1.807, 2.05) is 4.90 Å². The van der Waals surface area contributed by atoms with Gasteiger partial charge in [0, 0.05) is 24.2 Å². The summed E-state index contributed by atoms with van der Waals surface area (Å²) in [5.74, 6) is -0.111. The number of rotatable bonds is 3. The molecular weight excluding hydrogens is 312 g/mol. The smallest absolute Gasteiger partial charge is 0.284 e. The Morgan fingerprint density at radius 3 is 2.95 bits per heavy atom. The molecule has 19 heavy (non-hydrogen) atoms. The Hall–Kier alpha value is -1.43. The number of hydrogen-bond donors (Lipinski definition) is 0. The van der Waals surface area contributed by atoms with Gasteiger partial charge in [-0.1, -0.05) is 6.92 Å². The Morgan fingerprint density at radius 2 is 2.32 bits per heavy atom. The molecule has 1 aromatic carbocycles. The minimum atomic E-state index is -0.484. The SMILES string of the molecule is CCC1CCCN1C(=O)c1ccc(Br)c([N+](=O)[O-])c1. The fourth-order valence-electron chi connectivity index (χ4n) is 2.48. The van der Waals surface area contributed by atoms with Crippen LogP contribution in [0.3, 0.4) is 0 Å². The third kappa shape index (κ3) is 2.78. The summed E-state index contributed by atoms with van der Waals surface area (Å²) in [6.45, 7) is 2.79. The van der Waals surface area contributed by atoms with Gasteiger partial charge in [-0.15, -0.1) is 0 Å². The topological polar surface area (TPSA) is 63.5 Å². The van der Waals surface area contributed by atoms with Crippen molar-refractivity contribution < 1.29 is 9.72 Å². The lowest BCUT2D eigenvalue weighted by Crippen LogP contribution is -2.35. The molecule has 0 radical (unpaired) electrons. The van der Waals surface area contributed by atoms with E-state index in [-0.39, 0.29) is 17.6 Å². The number of halogens is 1. The molecule has 1 saturated heterocycles. The molecule has 6 heteroatoms. The van der Waals surface area contributed by atoms with Crippen molar-refractivity contribution in [2.45, 2.75) is 32.2 Å². The normalized spacial score (nSPS) is 18.6. The molecule has 1 heterocycles. The molecule has 0 spiro atoms. The molecule has 1 aliphatic rings. The van der Waals surface area contributed by atoms with E-state index in [4.69, 9.17) is 0 Å². The molecule has 0 N–H and O–H groups in total. The fraction of sp³-hybridized carbons (Fsp3) is 0.462. The van der Waals surface area contributed by atoms with E-state index < -0.39 is 4.92 Å². The van der Waals surface area contributed by atoms with Gasteiger partial charge < -0.3 is 4.90 Å². The number of nitro groups is 1. The van der Waals surface area contributed by atoms with E-state index in [9.17, 15) is 14.9 Å². The highest BCUT2D eigenvalue weighted by atomic mass is 79.9. The van der Waals surface area contributed by atoms with Gasteiger partial charge in [-0.05, 0) is 47.3 Å². The molecule has 0 bridgehead atoms. The highest BCUT2D eigenvalue weighted by molar-refractivity contribution is 9.10. The third-order valence-electron chi connectivity index (χ3n) is 3.50. The predicted molar refractivity (Wildman–Crippen MR) is 75.1 cm³/mol. The molecule has 0 aliphatic carbocycles. The summed E-state index contributed by atoms with van der Waals surface area (Å²) >= 11 is 3.12. The summed E-state index contributed by atoms with van der Waals surface area (Å²) in [6.07, 6.45) is 2.94. The number of benzene rings is 1. The number of nitrogens with zero attached hydrogens (tertiary/aromatic N) is 2. The lowest BCUT2D eigenvalue weighted by Gasteiger charge is -2.23. The first-order chi connectivity index (χ1) is 9.04. The maximum atomic E-state index is 12.4. The Labute approximate surface area is 119 Å². The first kappa shape index (κ1) is 14.0. The van der Waals surface area contributed by atoms with Crippen LogP contribution in [0.15, 0.2) is 22.7 Å². The van der Waals surface area contributed by atoms with Gasteiger partial charge in [0.2, 0.25) is 0 Å². The van der Waals surface area contributed by atoms with Crippen molar-refractivity contribution in [1.82, 2.24) is 4.90 Å². The van der Waals surface area contributed by atoms with Crippen LogP contribution in [0.5, 0.6) is 0 Å². The quantitative estimate of drug-likeness (QED) is 0.631. The zero-order chi connectivity index (χ0) is 14.0. The number of amides is 1. The minimum Gasteiger partial charge on any atom is -0.336 e. The van der Waals surface area contributed by atoms with Crippen LogP contribution in [0, 0.1) is 10.1 Å². The Bertz CT molecular complexity index is 519. The summed E-state index contributed by atoms with van der Waals surface area (Å²) < 4.78 is 0.391. The average Bonchev–Trinajstić information content (AvgIpc) is 2.86. The van der Waals surface area contributed by atoms with Crippen molar-refractivity contribution in [3.63, 3.8) is 0 Å². The van der Waals surface area contributed by atoms with E-state index in [2.05, 4.69) is 22.9 Å². The number of likely N-dealkylation sites (tertiary alicyclic amines) is 1. The molecule has 1 aliphatic heterocycles. The van der Waals surface area contributed by atoms with Gasteiger partial charge in [0.15, 0.2) is 0 Å². The van der Waals surface area contributed by atoms with Crippen LogP contribution in [-0.4, -0.2) is 28.3 Å². The molecule has 2 rings (SSSR count). The zero-order valence-corrected chi connectivity index (χ0v) is 12.2. The van der Waals surface area contributed by atoms with E-state index in [0.717, 1.165) is 25.8 Å². The number of hydrogen-bond acceptors (Lipinski definition) is 3. The predicted octanol–water partition coefficient (Wildman–Crippen LogP) is 3.37. The second-order valence-electron chi connectivity index (χ2n) is 4.63. The van der Waals surface area contributed by atoms with Gasteiger partial charge in [-0.3, -0.25) is 14.9 Å². The molecule has 1 aromatic rings. The van der Waals surface area contributed by atoms with Gasteiger partial charge in [0.05, 0.1) is 9.40 Å². The highest BCUT2D eigenvalue weighted by Crippen LogP contribution is 2.28. The Morgan fingerprint density at radius 1 is 1.58 bits per heavy atom. The average molecular weight is 327 g/mol. The molecular formula is C13H15BrN2O3. The maximum Gasteiger partial charge on any atom is 0.284 e. The molecule has 102 valence electrons. The van der Waals surface area contributed by atoms with Gasteiger partial charge in [-0.25, -0.2) is 0 Å². The van der Waals surface area contributed by atoms with Crippen molar-refractivity contribution in [3.8, 4) is 0 Å². The van der Waals surface area contributed by atoms with Crippen molar-refractivity contribution in [3.05, 3.63) is 38.3 Å². The first-order valence-corrected chi connectivity index (χ1v) is 7.08. The second-order valence-corrected chi connectivity index (χ2v) is 5.48. The van der Waals surface area contributed by atoms with E-state index >= 15 is 0 Å². The van der Waals surface area contributed by atoms with E-state index in [1.165, 1.54) is 6.07 Å². The minimum absolute atomic E-state index is 0.0712. The van der Waals surface area contributed by atoms with Crippen molar-refractivity contribution >= 4 is 27.5 Å². The van der Waals surface area contributed by atoms with Crippen LogP contribution in [0.4, 0.5) is 5.69 Å². The zero-order valence-electron chi connectivity index (χ0n) is 10.6. The molecule has 1 atom stereocenters. The van der Waals surface area contributed by atoms with Crippen molar-refractivity contribution in [2.24, 2.45) is 0 Å². The van der Waals surface area contributed by atoms with Crippen LogP contribution in [0.2, 0.25) is 0 Å². The van der Waals surface area contributed by atoms with Crippen LogP contribution in [-0.2, 0) is 0 Å². The number of carbonyl (C=O) groups excluding carboxylic acids is 1. The van der Waals surface area contributed by atoms with Crippen LogP contribution in [0.25, 0.3) is 0 Å². The first-order valence-electron chi connectivity index (χ1n) is 6.29. The summed E-state index contributed by atoms with van der Waals surface area (Å²) in [5.41, 5.74) is 0.313. The largest absolute Gasteiger partial charge is 0.336 e. The summed E-state index contributed by atoms with van der Waals surface area (Å²) in [5, 5.41) is 10.9. The molecule has 0 saturated carbocycles. The van der Waals surface area contributed by atoms with E-state index in [1.54, 1.807) is 12.1 Å². The maximum absolute atomic E-state index is 12.4. The standard InChI is InChI=1S/C13H15BrN2O3/c1-2-10-4-3-7-15(10)13(17)9-5-6-11(14)12(8-9)16(18)19/h5-6,8,10H,2-4,7H2,1H3. The third-order valence-corrected chi connectivity index (χ3v) is 4.17. The van der Waals surface area contributed by atoms with Crippen LogP contribution < -0.4 is 0 Å². The Kier molecular flexibility index (Phi) is 4.19. The van der Waals surface area contributed by atoms with Gasteiger partial charge in [0.1, 0.15) is 0 Å². The summed E-state index contributed by atoms with van der Waals surface area (Å²) in [4.78, 5) is 24.6. The summed E-state index contributed by atoms with van der Waals surface area (Å²) in [7, 11) is 0. The number of carbonyl (C=O) groups is 1. The molecule has 1 unspecified atom stereocenters. The van der Waals surface area contributed by atoms with Gasteiger partial charge in [-0.2, -0.15) is 0 Å². The van der Waals surface area contributed by atoms with Crippen LogP contribution in [0.1, 0.15) is 36.5 Å². The van der Waals surface area contributed by atoms with Crippen molar-refractivity contribution in [1.29, 1.82) is 0 Å². The van der Waals surface area contributed by atoms with Crippen LogP contribution >= 0.6 is 15.9 Å². The van der Waals surface area contributed by atoms with Gasteiger partial charge in [0.25, 0.3) is 11.6 Å². The lowest BCUT2D eigenvalue weighted by molar-refractivity contribution is -0.385. The molecule has 1 fully saturated rings. The van der Waals surface area contributed by atoms with Crippen molar-refractivity contribution in [2.75, 3.05) is 6.54 Å². The monoisotopic (exact) mass is 326 g/mol. The van der Waals surface area contributed by atoms with Gasteiger partial charge >= 0.3 is 0 Å². The highest BCUT2D eigenvalue weighted by Gasteiger charge is 2.29. The number of nitro benzene ring substituents is 1. The molecule has 5 nitrogen and oxygen atoms in total.